The van der Waals surface area contributed by atoms with Crippen LogP contribution in [0.5, 0.6) is 0 Å². The van der Waals surface area contributed by atoms with Crippen LogP contribution in [0.25, 0.3) is 46.4 Å². The van der Waals surface area contributed by atoms with Crippen LogP contribution in [0.1, 0.15) is 22.8 Å². The molecule has 5 heterocycles. The van der Waals surface area contributed by atoms with Crippen molar-refractivity contribution in [2.45, 2.75) is 0 Å². The van der Waals surface area contributed by atoms with Crippen LogP contribution >= 0.6 is 0 Å². The van der Waals surface area contributed by atoms with Gasteiger partial charge in [-0.15, -0.1) is 22.1 Å². The largest absolute Gasteiger partial charge is 0.658 e. The smallest absolute Gasteiger partial charge is 0.0625 e. The van der Waals surface area contributed by atoms with E-state index in [0.29, 0.717) is 0 Å². The Bertz CT molecular complexity index is 990. The fourth-order valence-electron chi connectivity index (χ4n) is 2.83. The first-order valence-corrected chi connectivity index (χ1v) is 7.74. The third kappa shape index (κ3) is 3.20. The molecule has 0 spiro atoms. The fourth-order valence-corrected chi connectivity index (χ4v) is 2.83. The Hall–Kier alpha value is -2.88. The summed E-state index contributed by atoms with van der Waals surface area (Å²) in [6, 6.07) is 15.9. The summed E-state index contributed by atoms with van der Waals surface area (Å²) in [4.78, 5) is 18.4. The average Bonchev–Trinajstić information content (AvgIpc) is 3.32. The minimum Gasteiger partial charge on any atom is -0.658 e. The molecule has 8 bridgehead atoms. The maximum absolute atomic E-state index is 4.59. The van der Waals surface area contributed by atoms with Crippen molar-refractivity contribution in [2.75, 3.05) is 0 Å². The van der Waals surface area contributed by atoms with Gasteiger partial charge in [0.1, 0.15) is 0 Å². The molecule has 2 aliphatic heterocycles. The van der Waals surface area contributed by atoms with E-state index < -0.39 is 0 Å². The zero-order valence-corrected chi connectivity index (χ0v) is 14.2. The molecule has 0 aromatic carbocycles. The molecule has 0 radical (unpaired) electrons. The van der Waals surface area contributed by atoms with Gasteiger partial charge in [-0.2, -0.15) is 0 Å². The Morgan fingerprint density at radius 1 is 0.480 bits per heavy atom. The summed E-state index contributed by atoms with van der Waals surface area (Å²) in [6.07, 6.45) is 7.95. The molecule has 0 N–H and O–H groups in total. The van der Waals surface area contributed by atoms with Crippen LogP contribution in [0, 0.1) is 0 Å². The van der Waals surface area contributed by atoms with Crippen molar-refractivity contribution >= 4 is 46.4 Å². The second-order valence-electron chi connectivity index (χ2n) is 5.76. The van der Waals surface area contributed by atoms with Crippen LogP contribution < -0.4 is 9.97 Å². The molecule has 0 unspecified atom stereocenters. The number of hydrogen-bond acceptors (Lipinski definition) is 2. The van der Waals surface area contributed by atoms with Gasteiger partial charge in [0, 0.05) is 17.1 Å². The standard InChI is InChI=1S/C20H12N4.Fe/c1-2-14-10-16-5-6-18(23-16)12-20-8-7-19(24-20)11-17-4-3-15(22-17)9-13(1)21-14;/h1-12H;/q-2;. The van der Waals surface area contributed by atoms with E-state index in [2.05, 4.69) is 19.9 Å². The van der Waals surface area contributed by atoms with E-state index in [0.717, 1.165) is 44.8 Å². The number of hydrogen-bond donors (Lipinski definition) is 0. The Morgan fingerprint density at radius 2 is 0.760 bits per heavy atom. The first-order valence-electron chi connectivity index (χ1n) is 7.74. The first-order chi connectivity index (χ1) is 11.8. The molecule has 3 aromatic heterocycles. The summed E-state index contributed by atoms with van der Waals surface area (Å²) in [7, 11) is 0. The quantitative estimate of drug-likeness (QED) is 0.391. The monoisotopic (exact) mass is 364 g/mol. The number of nitrogens with zero attached hydrogens (tertiary/aromatic N) is 4. The van der Waals surface area contributed by atoms with Gasteiger partial charge in [-0.05, 0) is 24.3 Å². The van der Waals surface area contributed by atoms with Crippen molar-refractivity contribution in [3.05, 3.63) is 71.3 Å². The van der Waals surface area contributed by atoms with Gasteiger partial charge in [0.2, 0.25) is 0 Å². The van der Waals surface area contributed by atoms with Crippen LogP contribution in [0.15, 0.2) is 48.5 Å². The molecule has 0 amide bonds. The van der Waals surface area contributed by atoms with E-state index in [1.165, 1.54) is 0 Å². The van der Waals surface area contributed by atoms with Crippen LogP contribution in [0.3, 0.4) is 0 Å². The predicted molar refractivity (Wildman–Crippen MR) is 96.8 cm³/mol. The van der Waals surface area contributed by atoms with Crippen molar-refractivity contribution in [1.29, 1.82) is 0 Å². The van der Waals surface area contributed by atoms with E-state index in [9.17, 15) is 0 Å². The van der Waals surface area contributed by atoms with Crippen LogP contribution in [-0.4, -0.2) is 9.97 Å². The maximum Gasteiger partial charge on any atom is 0.0625 e. The van der Waals surface area contributed by atoms with Crippen LogP contribution in [-0.2, 0) is 17.1 Å². The molecule has 0 atom stereocenters. The van der Waals surface area contributed by atoms with Crippen LogP contribution in [0.2, 0.25) is 0 Å². The zero-order valence-electron chi connectivity index (χ0n) is 13.1. The molecule has 122 valence electrons. The molecule has 5 heteroatoms. The Morgan fingerprint density at radius 3 is 1.04 bits per heavy atom. The van der Waals surface area contributed by atoms with Gasteiger partial charge in [0.05, 0.1) is 22.8 Å². The Balaban J connectivity index is 0.00000157. The van der Waals surface area contributed by atoms with Gasteiger partial charge in [-0.1, -0.05) is 48.5 Å². The molecule has 3 aromatic rings. The number of rotatable bonds is 0. The molecule has 0 saturated heterocycles. The van der Waals surface area contributed by atoms with Gasteiger partial charge in [-0.3, -0.25) is 0 Å². The second kappa shape index (κ2) is 6.20. The topological polar surface area (TPSA) is 54.0 Å². The maximum atomic E-state index is 4.59. The molecule has 0 saturated carbocycles. The van der Waals surface area contributed by atoms with Gasteiger partial charge >= 0.3 is 0 Å². The van der Waals surface area contributed by atoms with Gasteiger partial charge < -0.3 is 9.97 Å². The van der Waals surface area contributed by atoms with E-state index in [4.69, 9.17) is 0 Å². The molecule has 2 aliphatic rings. The minimum atomic E-state index is 0. The van der Waals surface area contributed by atoms with Crippen molar-refractivity contribution in [3.8, 4) is 0 Å². The third-order valence-electron chi connectivity index (χ3n) is 3.92. The van der Waals surface area contributed by atoms with E-state index in [1.807, 2.05) is 72.8 Å². The average molecular weight is 364 g/mol. The summed E-state index contributed by atoms with van der Waals surface area (Å²) in [5, 5.41) is 0. The summed E-state index contributed by atoms with van der Waals surface area (Å²) in [6.45, 7) is 0. The number of aromatic nitrogens is 4. The summed E-state index contributed by atoms with van der Waals surface area (Å²) >= 11 is 0. The second-order valence-corrected chi connectivity index (χ2v) is 5.76. The van der Waals surface area contributed by atoms with Crippen molar-refractivity contribution in [1.82, 2.24) is 19.9 Å². The summed E-state index contributed by atoms with van der Waals surface area (Å²) in [5.74, 6) is 0. The van der Waals surface area contributed by atoms with E-state index in [-0.39, 0.29) is 17.1 Å². The Labute approximate surface area is 154 Å². The SMILES string of the molecule is C1=Cc2cc3ccc(cc4nc(cc5ccc(cc1n2)[n-]5)C=C4)[n-]3.[Fe]. The molecule has 0 aliphatic carbocycles. The van der Waals surface area contributed by atoms with Gasteiger partial charge in [-0.25, -0.2) is 9.97 Å². The summed E-state index contributed by atoms with van der Waals surface area (Å²) in [5.41, 5.74) is 7.15. The summed E-state index contributed by atoms with van der Waals surface area (Å²) < 4.78 is 0. The third-order valence-corrected chi connectivity index (χ3v) is 3.92. The van der Waals surface area contributed by atoms with Gasteiger partial charge in [0.25, 0.3) is 0 Å². The molecular formula is C20H12FeN4-2. The molecule has 4 nitrogen and oxygen atoms in total. The zero-order chi connectivity index (χ0) is 15.9. The Kier molecular flexibility index (Phi) is 3.88. The molecule has 0 fully saturated rings. The first kappa shape index (κ1) is 15.6. The van der Waals surface area contributed by atoms with Crippen molar-refractivity contribution in [2.24, 2.45) is 0 Å². The van der Waals surface area contributed by atoms with E-state index in [1.54, 1.807) is 0 Å². The minimum absolute atomic E-state index is 0. The van der Waals surface area contributed by atoms with E-state index >= 15 is 0 Å². The fraction of sp³-hybridized carbons (Fsp3) is 0. The van der Waals surface area contributed by atoms with Gasteiger partial charge in [0.15, 0.2) is 0 Å². The van der Waals surface area contributed by atoms with Crippen LogP contribution in [0.4, 0.5) is 0 Å². The van der Waals surface area contributed by atoms with Crippen molar-refractivity contribution in [3.63, 3.8) is 0 Å². The predicted octanol–water partition coefficient (Wildman–Crippen LogP) is 3.91. The normalized spacial score (nSPS) is 12.2. The molecule has 25 heavy (non-hydrogen) atoms. The molecular weight excluding hydrogens is 352 g/mol. The molecule has 5 rings (SSSR count). The number of fused-ring (bicyclic) bond motifs is 8. The van der Waals surface area contributed by atoms with Crippen molar-refractivity contribution < 1.29 is 17.1 Å².